The van der Waals surface area contributed by atoms with E-state index in [1.807, 2.05) is 18.2 Å². The smallest absolute Gasteiger partial charge is 0.0584 e. The summed E-state index contributed by atoms with van der Waals surface area (Å²) in [6, 6.07) is 10.8. The highest BCUT2D eigenvalue weighted by molar-refractivity contribution is 5.18. The Morgan fingerprint density at radius 3 is 2.43 bits per heavy atom. The lowest BCUT2D eigenvalue weighted by atomic mass is 10.1. The van der Waals surface area contributed by atoms with Crippen LogP contribution in [-0.4, -0.2) is 17.8 Å². The van der Waals surface area contributed by atoms with Crippen molar-refractivity contribution in [1.29, 1.82) is 0 Å². The van der Waals surface area contributed by atoms with E-state index in [-0.39, 0.29) is 12.6 Å². The zero-order chi connectivity index (χ0) is 10.4. The second kappa shape index (κ2) is 5.78. The van der Waals surface area contributed by atoms with Gasteiger partial charge in [-0.1, -0.05) is 37.3 Å². The summed E-state index contributed by atoms with van der Waals surface area (Å²) in [7, 11) is 0. The van der Waals surface area contributed by atoms with Gasteiger partial charge in [-0.25, -0.2) is 0 Å². The molecular formula is C12H19NO. The van der Waals surface area contributed by atoms with Gasteiger partial charge in [-0.2, -0.15) is 0 Å². The van der Waals surface area contributed by atoms with E-state index < -0.39 is 0 Å². The molecule has 1 rings (SSSR count). The van der Waals surface area contributed by atoms with Gasteiger partial charge in [-0.3, -0.25) is 0 Å². The fourth-order valence-corrected chi connectivity index (χ4v) is 1.49. The maximum absolute atomic E-state index is 9.06. The van der Waals surface area contributed by atoms with Gasteiger partial charge in [0.25, 0.3) is 0 Å². The van der Waals surface area contributed by atoms with Crippen LogP contribution in [0.5, 0.6) is 0 Å². The highest BCUT2D eigenvalue weighted by Gasteiger charge is 2.09. The second-order valence-electron chi connectivity index (χ2n) is 3.59. The first-order valence-electron chi connectivity index (χ1n) is 5.19. The van der Waals surface area contributed by atoms with Crippen LogP contribution in [-0.2, 0) is 0 Å². The van der Waals surface area contributed by atoms with Crippen molar-refractivity contribution in [2.45, 2.75) is 32.4 Å². The molecule has 0 aliphatic rings. The lowest BCUT2D eigenvalue weighted by Crippen LogP contribution is -2.33. The Morgan fingerprint density at radius 2 is 1.93 bits per heavy atom. The Morgan fingerprint density at radius 1 is 1.29 bits per heavy atom. The largest absolute Gasteiger partial charge is 0.395 e. The van der Waals surface area contributed by atoms with E-state index >= 15 is 0 Å². The van der Waals surface area contributed by atoms with Gasteiger partial charge in [0.05, 0.1) is 6.61 Å². The maximum atomic E-state index is 9.06. The zero-order valence-electron chi connectivity index (χ0n) is 8.90. The summed E-state index contributed by atoms with van der Waals surface area (Å²) in [6.07, 6.45) is 0.952. The van der Waals surface area contributed by atoms with E-state index in [2.05, 4.69) is 31.3 Å². The van der Waals surface area contributed by atoms with Crippen molar-refractivity contribution in [2.24, 2.45) is 0 Å². The molecule has 0 aromatic heterocycles. The summed E-state index contributed by atoms with van der Waals surface area (Å²) in [5, 5.41) is 12.4. The number of aliphatic hydroxyl groups excluding tert-OH is 1. The molecule has 0 bridgehead atoms. The van der Waals surface area contributed by atoms with Crippen LogP contribution < -0.4 is 5.32 Å². The van der Waals surface area contributed by atoms with Crippen LogP contribution >= 0.6 is 0 Å². The molecule has 0 saturated carbocycles. The van der Waals surface area contributed by atoms with E-state index in [1.54, 1.807) is 0 Å². The Hall–Kier alpha value is -0.860. The van der Waals surface area contributed by atoms with Gasteiger partial charge >= 0.3 is 0 Å². The van der Waals surface area contributed by atoms with Gasteiger partial charge in [-0.05, 0) is 18.9 Å². The minimum Gasteiger partial charge on any atom is -0.395 e. The van der Waals surface area contributed by atoms with Crippen molar-refractivity contribution in [2.75, 3.05) is 6.61 Å². The van der Waals surface area contributed by atoms with Crippen LogP contribution in [0.4, 0.5) is 0 Å². The molecule has 2 N–H and O–H groups in total. The summed E-state index contributed by atoms with van der Waals surface area (Å²) in [5.41, 5.74) is 1.26. The van der Waals surface area contributed by atoms with Crippen LogP contribution in [0.3, 0.4) is 0 Å². The van der Waals surface area contributed by atoms with E-state index in [1.165, 1.54) is 5.56 Å². The quantitative estimate of drug-likeness (QED) is 0.750. The first kappa shape index (κ1) is 11.2. The molecule has 0 aliphatic carbocycles. The third kappa shape index (κ3) is 3.13. The molecule has 2 heteroatoms. The first-order chi connectivity index (χ1) is 6.77. The van der Waals surface area contributed by atoms with Gasteiger partial charge in [0, 0.05) is 12.1 Å². The molecule has 0 fully saturated rings. The molecule has 2 nitrogen and oxygen atoms in total. The number of aliphatic hydroxyl groups is 1. The van der Waals surface area contributed by atoms with Gasteiger partial charge in [0.15, 0.2) is 0 Å². The monoisotopic (exact) mass is 193 g/mol. The molecule has 0 saturated heterocycles. The van der Waals surface area contributed by atoms with E-state index in [9.17, 15) is 0 Å². The minimum absolute atomic E-state index is 0.199. The number of benzene rings is 1. The minimum atomic E-state index is 0.199. The molecule has 0 aliphatic heterocycles. The number of hydrogen-bond acceptors (Lipinski definition) is 2. The Kier molecular flexibility index (Phi) is 4.63. The van der Waals surface area contributed by atoms with Gasteiger partial charge in [-0.15, -0.1) is 0 Å². The Bertz CT molecular complexity index is 244. The fraction of sp³-hybridized carbons (Fsp3) is 0.500. The molecule has 1 aromatic rings. The predicted octanol–water partition coefficient (Wildman–Crippen LogP) is 2.11. The third-order valence-corrected chi connectivity index (χ3v) is 2.50. The molecule has 1 aromatic carbocycles. The Balaban J connectivity index is 2.54. The van der Waals surface area contributed by atoms with E-state index in [0.29, 0.717) is 6.04 Å². The van der Waals surface area contributed by atoms with Crippen LogP contribution in [0.2, 0.25) is 0 Å². The summed E-state index contributed by atoms with van der Waals surface area (Å²) < 4.78 is 0. The number of hydrogen-bond donors (Lipinski definition) is 2. The van der Waals surface area contributed by atoms with Gasteiger partial charge in [0.2, 0.25) is 0 Å². The maximum Gasteiger partial charge on any atom is 0.0584 e. The van der Waals surface area contributed by atoms with Crippen molar-refractivity contribution >= 4 is 0 Å². The fourth-order valence-electron chi connectivity index (χ4n) is 1.49. The molecule has 0 heterocycles. The summed E-state index contributed by atoms with van der Waals surface area (Å²) >= 11 is 0. The normalized spacial score (nSPS) is 15.1. The van der Waals surface area contributed by atoms with Gasteiger partial charge in [0.1, 0.15) is 0 Å². The van der Waals surface area contributed by atoms with Crippen molar-refractivity contribution in [3.8, 4) is 0 Å². The molecular weight excluding hydrogens is 174 g/mol. The van der Waals surface area contributed by atoms with Crippen LogP contribution in [0.25, 0.3) is 0 Å². The zero-order valence-corrected chi connectivity index (χ0v) is 8.90. The summed E-state index contributed by atoms with van der Waals surface area (Å²) in [6.45, 7) is 4.40. The SMILES string of the molecule is CCC(CO)NC(C)c1ccccc1. The molecule has 0 radical (unpaired) electrons. The standard InChI is InChI=1S/C12H19NO/c1-3-12(9-14)13-10(2)11-7-5-4-6-8-11/h4-8,10,12-14H,3,9H2,1-2H3. The second-order valence-corrected chi connectivity index (χ2v) is 3.59. The molecule has 2 atom stereocenters. The molecule has 2 unspecified atom stereocenters. The highest BCUT2D eigenvalue weighted by atomic mass is 16.3. The number of nitrogens with one attached hydrogen (secondary N) is 1. The van der Waals surface area contributed by atoms with Crippen molar-refractivity contribution in [1.82, 2.24) is 5.32 Å². The average molecular weight is 193 g/mol. The Labute approximate surface area is 86.0 Å². The average Bonchev–Trinajstić information content (AvgIpc) is 2.26. The molecule has 0 spiro atoms. The topological polar surface area (TPSA) is 32.3 Å². The van der Waals surface area contributed by atoms with Crippen LogP contribution in [0, 0.1) is 0 Å². The van der Waals surface area contributed by atoms with Crippen LogP contribution in [0.15, 0.2) is 30.3 Å². The lowest BCUT2D eigenvalue weighted by molar-refractivity contribution is 0.230. The van der Waals surface area contributed by atoms with Crippen molar-refractivity contribution < 1.29 is 5.11 Å². The van der Waals surface area contributed by atoms with E-state index in [4.69, 9.17) is 5.11 Å². The number of rotatable bonds is 5. The first-order valence-corrected chi connectivity index (χ1v) is 5.19. The summed E-state index contributed by atoms with van der Waals surface area (Å²) in [4.78, 5) is 0. The third-order valence-electron chi connectivity index (χ3n) is 2.50. The highest BCUT2D eigenvalue weighted by Crippen LogP contribution is 2.12. The molecule has 14 heavy (non-hydrogen) atoms. The van der Waals surface area contributed by atoms with Crippen molar-refractivity contribution in [3.63, 3.8) is 0 Å². The lowest BCUT2D eigenvalue weighted by Gasteiger charge is -2.20. The predicted molar refractivity (Wildman–Crippen MR) is 59.2 cm³/mol. The van der Waals surface area contributed by atoms with Gasteiger partial charge < -0.3 is 10.4 Å². The molecule has 0 amide bonds. The van der Waals surface area contributed by atoms with Crippen molar-refractivity contribution in [3.05, 3.63) is 35.9 Å². The molecule has 78 valence electrons. The van der Waals surface area contributed by atoms with E-state index in [0.717, 1.165) is 6.42 Å². The summed E-state index contributed by atoms with van der Waals surface area (Å²) in [5.74, 6) is 0. The van der Waals surface area contributed by atoms with Crippen LogP contribution in [0.1, 0.15) is 31.9 Å².